The van der Waals surface area contributed by atoms with E-state index >= 15 is 0 Å². The molecular weight excluding hydrogens is 192 g/mol. The van der Waals surface area contributed by atoms with E-state index in [0.29, 0.717) is 27.7 Å². The molecule has 0 spiro atoms. The second kappa shape index (κ2) is 3.12. The maximum Gasteiger partial charge on any atom is 0.195 e. The van der Waals surface area contributed by atoms with Crippen molar-refractivity contribution in [1.82, 2.24) is 0 Å². The minimum absolute atomic E-state index is 0.0796. The molecule has 0 aliphatic rings. The summed E-state index contributed by atoms with van der Waals surface area (Å²) < 4.78 is 5.33. The van der Waals surface area contributed by atoms with Crippen molar-refractivity contribution in [3.8, 4) is 5.75 Å². The number of phenolic OH excluding ortho intramolecular Hbond substituents is 1. The van der Waals surface area contributed by atoms with Crippen LogP contribution in [-0.2, 0) is 0 Å². The summed E-state index contributed by atoms with van der Waals surface area (Å²) in [7, 11) is 0. The zero-order valence-corrected chi connectivity index (χ0v) is 8.92. The second-order valence-electron chi connectivity index (χ2n) is 3.79. The number of aromatic hydroxyl groups is 1. The standard InChI is InChI=1S/C12H12O3/c1-6-4-9-10(8(3)11(6)13)12(14)7(2)5-15-9/h4-5,13H,1-3H3. The molecule has 1 aromatic carbocycles. The van der Waals surface area contributed by atoms with Crippen molar-refractivity contribution in [3.05, 3.63) is 39.2 Å². The van der Waals surface area contributed by atoms with E-state index in [1.807, 2.05) is 0 Å². The summed E-state index contributed by atoms with van der Waals surface area (Å²) in [5.41, 5.74) is 2.30. The minimum atomic E-state index is -0.0796. The Morgan fingerprint density at radius 3 is 2.53 bits per heavy atom. The van der Waals surface area contributed by atoms with E-state index in [4.69, 9.17) is 4.42 Å². The van der Waals surface area contributed by atoms with E-state index in [2.05, 4.69) is 0 Å². The Bertz CT molecular complexity index is 594. The van der Waals surface area contributed by atoms with Gasteiger partial charge < -0.3 is 9.52 Å². The first-order valence-electron chi connectivity index (χ1n) is 4.73. The number of fused-ring (bicyclic) bond motifs is 1. The van der Waals surface area contributed by atoms with Crippen LogP contribution in [0.1, 0.15) is 16.7 Å². The van der Waals surface area contributed by atoms with Gasteiger partial charge in [-0.2, -0.15) is 0 Å². The molecule has 1 heterocycles. The third-order valence-electron chi connectivity index (χ3n) is 2.65. The van der Waals surface area contributed by atoms with Crippen molar-refractivity contribution < 1.29 is 9.52 Å². The van der Waals surface area contributed by atoms with E-state index < -0.39 is 0 Å². The Balaban J connectivity index is 3.07. The molecule has 2 rings (SSSR count). The fraction of sp³-hybridized carbons (Fsp3) is 0.250. The van der Waals surface area contributed by atoms with Crippen LogP contribution in [0, 0.1) is 20.8 Å². The molecule has 0 atom stereocenters. The highest BCUT2D eigenvalue weighted by atomic mass is 16.3. The lowest BCUT2D eigenvalue weighted by atomic mass is 10.0. The fourth-order valence-electron chi connectivity index (χ4n) is 1.71. The van der Waals surface area contributed by atoms with Crippen LogP contribution in [0.2, 0.25) is 0 Å². The molecule has 0 unspecified atom stereocenters. The highest BCUT2D eigenvalue weighted by molar-refractivity contribution is 5.84. The van der Waals surface area contributed by atoms with Crippen LogP contribution in [0.25, 0.3) is 11.0 Å². The summed E-state index contributed by atoms with van der Waals surface area (Å²) in [6.07, 6.45) is 1.45. The first-order valence-corrected chi connectivity index (χ1v) is 4.73. The summed E-state index contributed by atoms with van der Waals surface area (Å²) >= 11 is 0. The van der Waals surface area contributed by atoms with Gasteiger partial charge in [-0.1, -0.05) is 0 Å². The predicted molar refractivity (Wildman–Crippen MR) is 58.4 cm³/mol. The topological polar surface area (TPSA) is 50.4 Å². The number of rotatable bonds is 0. The van der Waals surface area contributed by atoms with Crippen molar-refractivity contribution in [3.63, 3.8) is 0 Å². The van der Waals surface area contributed by atoms with Crippen LogP contribution in [0.3, 0.4) is 0 Å². The monoisotopic (exact) mass is 204 g/mol. The van der Waals surface area contributed by atoms with Gasteiger partial charge in [-0.25, -0.2) is 0 Å². The molecule has 0 bridgehead atoms. The molecule has 0 saturated heterocycles. The van der Waals surface area contributed by atoms with Gasteiger partial charge in [0.05, 0.1) is 11.6 Å². The Kier molecular flexibility index (Phi) is 2.03. The van der Waals surface area contributed by atoms with Gasteiger partial charge in [-0.05, 0) is 32.4 Å². The summed E-state index contributed by atoms with van der Waals surface area (Å²) in [6, 6.07) is 1.68. The lowest BCUT2D eigenvalue weighted by Gasteiger charge is -2.06. The Hall–Kier alpha value is -1.77. The van der Waals surface area contributed by atoms with Crippen LogP contribution in [0.4, 0.5) is 0 Å². The predicted octanol–water partition coefficient (Wildman–Crippen LogP) is 2.42. The Labute approximate surface area is 87.0 Å². The van der Waals surface area contributed by atoms with Crippen molar-refractivity contribution >= 4 is 11.0 Å². The van der Waals surface area contributed by atoms with Crippen LogP contribution >= 0.6 is 0 Å². The molecule has 0 saturated carbocycles. The van der Waals surface area contributed by atoms with Crippen molar-refractivity contribution in [2.75, 3.05) is 0 Å². The first-order chi connectivity index (χ1) is 7.02. The van der Waals surface area contributed by atoms with Gasteiger partial charge in [0.2, 0.25) is 0 Å². The van der Waals surface area contributed by atoms with Gasteiger partial charge in [0.1, 0.15) is 11.3 Å². The van der Waals surface area contributed by atoms with Gasteiger partial charge >= 0.3 is 0 Å². The van der Waals surface area contributed by atoms with Gasteiger partial charge in [0.15, 0.2) is 5.43 Å². The van der Waals surface area contributed by atoms with Crippen molar-refractivity contribution in [2.24, 2.45) is 0 Å². The number of phenols is 1. The Morgan fingerprint density at radius 1 is 1.20 bits per heavy atom. The van der Waals surface area contributed by atoms with Gasteiger partial charge in [-0.3, -0.25) is 4.79 Å². The van der Waals surface area contributed by atoms with Crippen LogP contribution in [-0.4, -0.2) is 5.11 Å². The highest BCUT2D eigenvalue weighted by Crippen LogP contribution is 2.28. The molecule has 0 amide bonds. The Morgan fingerprint density at radius 2 is 1.87 bits per heavy atom. The largest absolute Gasteiger partial charge is 0.507 e. The maximum atomic E-state index is 11.8. The fourth-order valence-corrected chi connectivity index (χ4v) is 1.71. The first kappa shape index (κ1) is 9.77. The molecule has 1 N–H and O–H groups in total. The number of aryl methyl sites for hydroxylation is 3. The molecule has 3 nitrogen and oxygen atoms in total. The SMILES string of the molecule is Cc1cc2occ(C)c(=O)c2c(C)c1O. The lowest BCUT2D eigenvalue weighted by molar-refractivity contribution is 0.467. The average Bonchev–Trinajstić information content (AvgIpc) is 2.20. The van der Waals surface area contributed by atoms with Gasteiger partial charge in [0.25, 0.3) is 0 Å². The summed E-state index contributed by atoms with van der Waals surface area (Å²) in [5.74, 6) is 0.167. The lowest BCUT2D eigenvalue weighted by Crippen LogP contribution is -2.06. The third-order valence-corrected chi connectivity index (χ3v) is 2.65. The molecule has 15 heavy (non-hydrogen) atoms. The zero-order valence-electron chi connectivity index (χ0n) is 8.92. The summed E-state index contributed by atoms with van der Waals surface area (Å²) in [4.78, 5) is 11.8. The molecule has 78 valence electrons. The zero-order chi connectivity index (χ0) is 11.2. The quantitative estimate of drug-likeness (QED) is 0.717. The van der Waals surface area contributed by atoms with Gasteiger partial charge in [0, 0.05) is 11.1 Å². The molecule has 0 radical (unpaired) electrons. The number of hydrogen-bond donors (Lipinski definition) is 1. The average molecular weight is 204 g/mol. The maximum absolute atomic E-state index is 11.8. The van der Waals surface area contributed by atoms with E-state index in [-0.39, 0.29) is 11.2 Å². The minimum Gasteiger partial charge on any atom is -0.507 e. The second-order valence-corrected chi connectivity index (χ2v) is 3.79. The third kappa shape index (κ3) is 1.31. The van der Waals surface area contributed by atoms with E-state index in [1.165, 1.54) is 6.26 Å². The molecule has 0 aliphatic carbocycles. The normalized spacial score (nSPS) is 10.9. The summed E-state index contributed by atoms with van der Waals surface area (Å²) in [5, 5.41) is 10.2. The highest BCUT2D eigenvalue weighted by Gasteiger charge is 2.11. The van der Waals surface area contributed by atoms with Crippen LogP contribution < -0.4 is 5.43 Å². The molecular formula is C12H12O3. The number of benzene rings is 1. The van der Waals surface area contributed by atoms with E-state index in [0.717, 1.165) is 0 Å². The van der Waals surface area contributed by atoms with Gasteiger partial charge in [-0.15, -0.1) is 0 Å². The van der Waals surface area contributed by atoms with Crippen LogP contribution in [0.5, 0.6) is 5.75 Å². The molecule has 0 aliphatic heterocycles. The molecule has 2 aromatic rings. The van der Waals surface area contributed by atoms with Crippen LogP contribution in [0.15, 0.2) is 21.5 Å². The van der Waals surface area contributed by atoms with E-state index in [1.54, 1.807) is 26.8 Å². The van der Waals surface area contributed by atoms with Crippen molar-refractivity contribution in [1.29, 1.82) is 0 Å². The summed E-state index contributed by atoms with van der Waals surface area (Å²) in [6.45, 7) is 5.20. The molecule has 0 fully saturated rings. The molecule has 3 heteroatoms. The molecule has 1 aromatic heterocycles. The van der Waals surface area contributed by atoms with Crippen molar-refractivity contribution in [2.45, 2.75) is 20.8 Å². The van der Waals surface area contributed by atoms with E-state index in [9.17, 15) is 9.90 Å². The number of hydrogen-bond acceptors (Lipinski definition) is 3. The smallest absolute Gasteiger partial charge is 0.195 e.